The number of carbonyl (C=O) groups excluding carboxylic acids is 3. The lowest BCUT2D eigenvalue weighted by molar-refractivity contribution is -0.228. The van der Waals surface area contributed by atoms with E-state index in [1.165, 1.54) is 19.6 Å². The fraction of sp³-hybridized carbons (Fsp3) is 0.558. The number of esters is 3. The summed E-state index contributed by atoms with van der Waals surface area (Å²) < 4.78 is 23.3. The van der Waals surface area contributed by atoms with Gasteiger partial charge in [0, 0.05) is 83.3 Å². The molecule has 1 aromatic heterocycles. The number of anilines is 1. The zero-order valence-corrected chi connectivity index (χ0v) is 32.6. The van der Waals surface area contributed by atoms with Crippen LogP contribution in [0.4, 0.5) is 5.69 Å². The summed E-state index contributed by atoms with van der Waals surface area (Å²) in [7, 11) is 4.92. The Morgan fingerprint density at radius 1 is 1.07 bits per heavy atom. The van der Waals surface area contributed by atoms with Crippen molar-refractivity contribution in [2.75, 3.05) is 59.0 Å². The van der Waals surface area contributed by atoms with Gasteiger partial charge in [-0.1, -0.05) is 37.3 Å². The van der Waals surface area contributed by atoms with Crippen molar-refractivity contribution >= 4 is 34.5 Å². The molecule has 6 aliphatic rings. The van der Waals surface area contributed by atoms with E-state index in [4.69, 9.17) is 18.9 Å². The van der Waals surface area contributed by atoms with Crippen LogP contribution in [0.1, 0.15) is 80.8 Å². The van der Waals surface area contributed by atoms with Gasteiger partial charge >= 0.3 is 17.9 Å². The Morgan fingerprint density at radius 2 is 1.87 bits per heavy atom. The number of aromatic nitrogens is 1. The van der Waals surface area contributed by atoms with Crippen molar-refractivity contribution in [3.05, 3.63) is 70.9 Å². The van der Waals surface area contributed by atoms with E-state index in [-0.39, 0.29) is 36.4 Å². The van der Waals surface area contributed by atoms with Gasteiger partial charge in [0.15, 0.2) is 6.10 Å². The van der Waals surface area contributed by atoms with Gasteiger partial charge in [0.25, 0.3) is 0 Å². The zero-order chi connectivity index (χ0) is 38.6. The number of hydrogen-bond acceptors (Lipinski definition) is 11. The topological polar surface area (TPSA) is 134 Å². The first kappa shape index (κ1) is 36.3. The lowest BCUT2D eigenvalue weighted by atomic mass is 9.47. The normalized spacial score (nSPS) is 34.4. The number of aliphatic hydroxyl groups is 1. The highest BCUT2D eigenvalue weighted by atomic mass is 16.6. The number of nitrogens with zero attached hydrogens (tertiary/aromatic N) is 3. The average Bonchev–Trinajstić information content (AvgIpc) is 3.84. The zero-order valence-electron chi connectivity index (χ0n) is 32.6. The summed E-state index contributed by atoms with van der Waals surface area (Å²) in [6, 6.07) is 11.9. The summed E-state index contributed by atoms with van der Waals surface area (Å²) in [5.41, 5.74) is 2.62. The number of benzene rings is 2. The van der Waals surface area contributed by atoms with Crippen molar-refractivity contribution in [3.8, 4) is 5.75 Å². The molecule has 2 N–H and O–H groups in total. The van der Waals surface area contributed by atoms with Gasteiger partial charge in [0.1, 0.15) is 5.75 Å². The number of carbonyl (C=O) groups is 3. The number of H-pyrrole nitrogens is 1. The quantitative estimate of drug-likeness (QED) is 0.190. The molecule has 292 valence electrons. The molecule has 12 nitrogen and oxygen atoms in total. The molecule has 1 spiro atoms. The first-order valence-electron chi connectivity index (χ1n) is 19.8. The van der Waals surface area contributed by atoms with Crippen molar-refractivity contribution in [2.24, 2.45) is 11.3 Å². The lowest BCUT2D eigenvalue weighted by Gasteiger charge is -2.63. The molecule has 1 saturated carbocycles. The second-order valence-electron chi connectivity index (χ2n) is 16.5. The highest BCUT2D eigenvalue weighted by molar-refractivity contribution is 5.88. The summed E-state index contributed by atoms with van der Waals surface area (Å²) in [5.74, 6) is -0.626. The maximum absolute atomic E-state index is 14.2. The Labute approximate surface area is 321 Å². The van der Waals surface area contributed by atoms with Crippen LogP contribution in [-0.2, 0) is 34.0 Å². The highest BCUT2D eigenvalue weighted by Gasteiger charge is 2.80. The van der Waals surface area contributed by atoms with Crippen LogP contribution in [0.15, 0.2) is 48.6 Å². The van der Waals surface area contributed by atoms with Gasteiger partial charge in [-0.3, -0.25) is 19.4 Å². The minimum Gasteiger partial charge on any atom is -0.496 e. The highest BCUT2D eigenvalue weighted by Crippen LogP contribution is 2.68. The molecule has 5 unspecified atom stereocenters. The Morgan fingerprint density at radius 3 is 2.60 bits per heavy atom. The van der Waals surface area contributed by atoms with Gasteiger partial charge < -0.3 is 33.9 Å². The van der Waals surface area contributed by atoms with E-state index in [9.17, 15) is 19.5 Å². The van der Waals surface area contributed by atoms with Crippen molar-refractivity contribution in [1.29, 1.82) is 0 Å². The largest absolute Gasteiger partial charge is 0.496 e. The summed E-state index contributed by atoms with van der Waals surface area (Å²) in [4.78, 5) is 50.6. The molecule has 2 saturated heterocycles. The number of fused-ring (bicyclic) bond motifs is 7. The lowest BCUT2D eigenvalue weighted by Crippen LogP contribution is -2.81. The monoisotopic (exact) mass is 752 g/mol. The first-order chi connectivity index (χ1) is 26.5. The maximum Gasteiger partial charge on any atom is 0.344 e. The summed E-state index contributed by atoms with van der Waals surface area (Å²) in [5, 5.41) is 14.3. The summed E-state index contributed by atoms with van der Waals surface area (Å²) in [6.07, 6.45) is 6.00. The van der Waals surface area contributed by atoms with Crippen LogP contribution in [0.3, 0.4) is 0 Å². The minimum atomic E-state index is -2.19. The average molecular weight is 753 g/mol. The van der Waals surface area contributed by atoms with Gasteiger partial charge in [-0.25, -0.2) is 4.79 Å². The number of piperidine rings is 1. The molecule has 2 bridgehead atoms. The molecule has 4 aliphatic heterocycles. The van der Waals surface area contributed by atoms with Crippen LogP contribution in [-0.4, -0.2) is 116 Å². The first-order valence-corrected chi connectivity index (χ1v) is 19.8. The number of nitrogens with one attached hydrogen (secondary N) is 1. The second kappa shape index (κ2) is 12.8. The predicted octanol–water partition coefficient (Wildman–Crippen LogP) is 4.58. The summed E-state index contributed by atoms with van der Waals surface area (Å²) in [6.45, 7) is 8.06. The number of rotatable bonds is 8. The van der Waals surface area contributed by atoms with Crippen molar-refractivity contribution < 1.29 is 38.4 Å². The van der Waals surface area contributed by atoms with Gasteiger partial charge in [-0.2, -0.15) is 0 Å². The molecule has 2 aromatic carbocycles. The third-order valence-corrected chi connectivity index (χ3v) is 14.4. The Bertz CT molecular complexity index is 2110. The molecule has 12 heteroatoms. The van der Waals surface area contributed by atoms with Crippen LogP contribution >= 0.6 is 0 Å². The molecule has 2 aliphatic carbocycles. The Balaban J connectivity index is 1.26. The van der Waals surface area contributed by atoms with Crippen LogP contribution in [0, 0.1) is 11.3 Å². The third kappa shape index (κ3) is 4.70. The molecule has 0 radical (unpaired) electrons. The molecule has 0 amide bonds. The number of methoxy groups -OCH3 is 2. The van der Waals surface area contributed by atoms with Gasteiger partial charge in [0.2, 0.25) is 5.60 Å². The molecule has 9 rings (SSSR count). The molecule has 3 fully saturated rings. The number of likely N-dealkylation sites (tertiary alicyclic amines) is 1. The van der Waals surface area contributed by atoms with E-state index >= 15 is 0 Å². The van der Waals surface area contributed by atoms with E-state index in [0.717, 1.165) is 71.6 Å². The predicted molar refractivity (Wildman–Crippen MR) is 205 cm³/mol. The molecular formula is C43H52N4O8. The SMILES string of the molecule is CCOC(=O)CN1CCC2CC1c1c([nH]c3ccccc13)C2c1cc2c(cc1OC)N(C)[C@@H]1C(O)(C(=O)OC)C(OC(C)=O)[C@@]3(CC)C=CCN4CC[C@@]21[C@H]43. The number of para-hydroxylation sites is 1. The van der Waals surface area contributed by atoms with Gasteiger partial charge in [-0.05, 0) is 74.9 Å². The molecular weight excluding hydrogens is 700 g/mol. The van der Waals surface area contributed by atoms with Crippen molar-refractivity contribution in [1.82, 2.24) is 14.8 Å². The molecule has 3 aromatic rings. The number of aromatic amines is 1. The van der Waals surface area contributed by atoms with Crippen molar-refractivity contribution in [3.63, 3.8) is 0 Å². The van der Waals surface area contributed by atoms with Gasteiger partial charge in [0.05, 0.1) is 33.4 Å². The van der Waals surface area contributed by atoms with Crippen LogP contribution in [0.25, 0.3) is 10.9 Å². The third-order valence-electron chi connectivity index (χ3n) is 14.4. The van der Waals surface area contributed by atoms with E-state index < -0.39 is 40.5 Å². The maximum atomic E-state index is 14.2. The van der Waals surface area contributed by atoms with E-state index in [0.29, 0.717) is 19.4 Å². The fourth-order valence-corrected chi connectivity index (χ4v) is 12.7. The standard InChI is InChI=1S/C43H52N4O8/c1-7-41-15-11-17-46-19-16-42(37(41)46)28-21-27(32(52-5)22-30(28)45(4)38(42)43(51,40(50)53-6)39(41)55-24(3)48)34-25-14-18-47(23-33(49)54-8-2)31(20-25)35-26-12-9-10-13-29(26)44-36(34)35/h9-13,15,21-22,25,31,34,37-39,44,51H,7-8,14,16-20,23H2,1-6H3/t25?,31?,34?,37-,38+,39?,41+,42+,43?/m1/s1. The number of likely N-dealkylation sites (N-methyl/N-ethyl adjacent to an activating group) is 1. The smallest absolute Gasteiger partial charge is 0.344 e. The number of ether oxygens (including phenoxy) is 4. The summed E-state index contributed by atoms with van der Waals surface area (Å²) >= 11 is 0. The Hall–Kier alpha value is -4.39. The number of hydrogen-bond donors (Lipinski definition) is 2. The molecule has 9 atom stereocenters. The van der Waals surface area contributed by atoms with E-state index in [1.807, 2.05) is 24.9 Å². The second-order valence-corrected chi connectivity index (χ2v) is 16.5. The van der Waals surface area contributed by atoms with E-state index in [1.54, 1.807) is 7.11 Å². The molecule has 5 heterocycles. The van der Waals surface area contributed by atoms with Crippen LogP contribution in [0.2, 0.25) is 0 Å². The van der Waals surface area contributed by atoms with Gasteiger partial charge in [-0.15, -0.1) is 0 Å². The minimum absolute atomic E-state index is 0.0408. The molecule has 55 heavy (non-hydrogen) atoms. The van der Waals surface area contributed by atoms with E-state index in [2.05, 4.69) is 64.2 Å². The Kier molecular flexibility index (Phi) is 8.45. The van der Waals surface area contributed by atoms with Crippen LogP contribution in [0.5, 0.6) is 5.75 Å². The van der Waals surface area contributed by atoms with Crippen LogP contribution < -0.4 is 9.64 Å². The van der Waals surface area contributed by atoms with Crippen molar-refractivity contribution in [2.45, 2.75) is 87.6 Å². The fourth-order valence-electron chi connectivity index (χ4n) is 12.7.